The van der Waals surface area contributed by atoms with Crippen LogP contribution in [0.2, 0.25) is 0 Å². The van der Waals surface area contributed by atoms with Crippen LogP contribution >= 0.6 is 0 Å². The van der Waals surface area contributed by atoms with Crippen LogP contribution in [0.3, 0.4) is 0 Å². The molecular weight excluding hydrogens is 256 g/mol. The molecule has 10 heteroatoms. The molecule has 0 amide bonds. The molecule has 0 aliphatic heterocycles. The fourth-order valence-electron chi connectivity index (χ4n) is 0.513. The Kier molecular flexibility index (Phi) is 10.3. The molecule has 0 heterocycles. The molecule has 0 bridgehead atoms. The van der Waals surface area contributed by atoms with E-state index in [0.29, 0.717) is 0 Å². The molecule has 0 aromatic rings. The maximum Gasteiger partial charge on any atom is 0.335 e. The lowest BCUT2D eigenvalue weighted by Crippen LogP contribution is -2.39. The summed E-state index contributed by atoms with van der Waals surface area (Å²) in [5.41, 5.74) is 0. The Bertz CT molecular complexity index is 228. The fourth-order valence-corrected chi connectivity index (χ4v) is 0.513. The van der Waals surface area contributed by atoms with Gasteiger partial charge in [0.1, 0.15) is 12.2 Å². The molecular formula is C8H16O10. The second-order valence-corrected chi connectivity index (χ2v) is 3.07. The van der Waals surface area contributed by atoms with Crippen LogP contribution in [0.4, 0.5) is 0 Å². The van der Waals surface area contributed by atoms with Crippen LogP contribution in [0.5, 0.6) is 0 Å². The molecule has 8 N–H and O–H groups in total. The number of hydrogen-bond donors (Lipinski definition) is 8. The minimum absolute atomic E-state index is 0.526. The van der Waals surface area contributed by atoms with Gasteiger partial charge >= 0.3 is 11.9 Å². The van der Waals surface area contributed by atoms with E-state index in [1.54, 1.807) is 0 Å². The number of hydrogen-bond acceptors (Lipinski definition) is 8. The summed E-state index contributed by atoms with van der Waals surface area (Å²) in [5.74, 6) is -3.54. The van der Waals surface area contributed by atoms with Gasteiger partial charge in [0, 0.05) is 0 Å². The third kappa shape index (κ3) is 7.89. The number of aliphatic hydroxyl groups excluding tert-OH is 6. The van der Waals surface area contributed by atoms with Crippen molar-refractivity contribution in [2.45, 2.75) is 24.4 Å². The molecule has 0 saturated carbocycles. The van der Waals surface area contributed by atoms with Gasteiger partial charge in [-0.25, -0.2) is 9.59 Å². The van der Waals surface area contributed by atoms with Crippen molar-refractivity contribution < 1.29 is 50.4 Å². The summed E-state index contributed by atoms with van der Waals surface area (Å²) in [6.07, 6.45) is -6.98. The highest BCUT2D eigenvalue weighted by Gasteiger charge is 2.29. The van der Waals surface area contributed by atoms with Crippen molar-refractivity contribution >= 4 is 11.9 Å². The SMILES string of the molecule is O=C(O)C(O)C(O)C(=O)O.OC[C@@H](O)[C@@H](O)CO. The van der Waals surface area contributed by atoms with Gasteiger partial charge in [-0.15, -0.1) is 0 Å². The third-order valence-electron chi connectivity index (χ3n) is 1.62. The lowest BCUT2D eigenvalue weighted by Gasteiger charge is -2.10. The van der Waals surface area contributed by atoms with E-state index in [4.69, 9.17) is 40.9 Å². The maximum absolute atomic E-state index is 9.77. The van der Waals surface area contributed by atoms with Crippen molar-refractivity contribution in [1.82, 2.24) is 0 Å². The van der Waals surface area contributed by atoms with Crippen molar-refractivity contribution in [3.8, 4) is 0 Å². The molecule has 0 radical (unpaired) electrons. The number of aliphatic carboxylic acids is 2. The van der Waals surface area contributed by atoms with Gasteiger partial charge in [-0.2, -0.15) is 0 Å². The van der Waals surface area contributed by atoms with Gasteiger partial charge in [0.15, 0.2) is 12.2 Å². The average molecular weight is 272 g/mol. The second-order valence-electron chi connectivity index (χ2n) is 3.07. The van der Waals surface area contributed by atoms with Crippen LogP contribution in [-0.2, 0) is 9.59 Å². The molecule has 0 aliphatic rings. The molecule has 10 nitrogen and oxygen atoms in total. The van der Waals surface area contributed by atoms with Gasteiger partial charge < -0.3 is 40.9 Å². The van der Waals surface area contributed by atoms with E-state index in [1.165, 1.54) is 0 Å². The van der Waals surface area contributed by atoms with Gasteiger partial charge in [-0.3, -0.25) is 0 Å². The van der Waals surface area contributed by atoms with Crippen LogP contribution in [0.25, 0.3) is 0 Å². The summed E-state index contributed by atoms with van der Waals surface area (Å²) in [4.78, 5) is 19.5. The Labute approximate surface area is 101 Å². The molecule has 2 unspecified atom stereocenters. The molecule has 0 spiro atoms. The second kappa shape index (κ2) is 9.70. The Morgan fingerprint density at radius 3 is 1.06 bits per heavy atom. The first-order valence-electron chi connectivity index (χ1n) is 4.58. The predicted molar refractivity (Wildman–Crippen MR) is 53.5 cm³/mol. The first-order chi connectivity index (χ1) is 8.18. The molecule has 108 valence electrons. The highest BCUT2D eigenvalue weighted by molar-refractivity contribution is 5.83. The predicted octanol–water partition coefficient (Wildman–Crippen LogP) is -4.43. The molecule has 0 rings (SSSR count). The summed E-state index contributed by atoms with van der Waals surface area (Å²) in [6, 6.07) is 0. The largest absolute Gasteiger partial charge is 0.479 e. The number of aliphatic hydroxyl groups is 6. The summed E-state index contributed by atoms with van der Waals surface area (Å²) in [5, 5.41) is 65.7. The summed E-state index contributed by atoms with van der Waals surface area (Å²) in [6.45, 7) is -1.05. The monoisotopic (exact) mass is 272 g/mol. The molecule has 0 aliphatic carbocycles. The van der Waals surface area contributed by atoms with Crippen molar-refractivity contribution in [3.63, 3.8) is 0 Å². The lowest BCUT2D eigenvalue weighted by molar-refractivity contribution is -0.165. The van der Waals surface area contributed by atoms with Crippen LogP contribution in [-0.4, -0.2) is 90.4 Å². The Morgan fingerprint density at radius 2 is 0.944 bits per heavy atom. The van der Waals surface area contributed by atoms with Crippen LogP contribution in [0, 0.1) is 0 Å². The van der Waals surface area contributed by atoms with Crippen LogP contribution in [0.15, 0.2) is 0 Å². The van der Waals surface area contributed by atoms with Crippen molar-refractivity contribution in [2.75, 3.05) is 13.2 Å². The fraction of sp³-hybridized carbons (Fsp3) is 0.750. The molecule has 0 aromatic heterocycles. The molecule has 4 atom stereocenters. The molecule has 18 heavy (non-hydrogen) atoms. The van der Waals surface area contributed by atoms with Gasteiger partial charge in [0.05, 0.1) is 13.2 Å². The van der Waals surface area contributed by atoms with Crippen LogP contribution in [0.1, 0.15) is 0 Å². The molecule has 0 saturated heterocycles. The van der Waals surface area contributed by atoms with Gasteiger partial charge in [0.2, 0.25) is 0 Å². The Balaban J connectivity index is 0. The number of rotatable bonds is 6. The zero-order valence-corrected chi connectivity index (χ0v) is 9.12. The first-order valence-corrected chi connectivity index (χ1v) is 4.58. The quantitative estimate of drug-likeness (QED) is 0.233. The minimum Gasteiger partial charge on any atom is -0.479 e. The van der Waals surface area contributed by atoms with E-state index in [9.17, 15) is 9.59 Å². The van der Waals surface area contributed by atoms with E-state index in [2.05, 4.69) is 0 Å². The summed E-state index contributed by atoms with van der Waals surface area (Å²) < 4.78 is 0. The number of carboxylic acids is 2. The van der Waals surface area contributed by atoms with E-state index in [0.717, 1.165) is 0 Å². The van der Waals surface area contributed by atoms with E-state index >= 15 is 0 Å². The van der Waals surface area contributed by atoms with E-state index in [1.807, 2.05) is 0 Å². The first kappa shape index (κ1) is 19.0. The Morgan fingerprint density at radius 1 is 0.722 bits per heavy atom. The molecule has 0 fully saturated rings. The van der Waals surface area contributed by atoms with Gasteiger partial charge in [-0.1, -0.05) is 0 Å². The van der Waals surface area contributed by atoms with E-state index < -0.39 is 49.6 Å². The van der Waals surface area contributed by atoms with Crippen molar-refractivity contribution in [1.29, 1.82) is 0 Å². The van der Waals surface area contributed by atoms with Crippen molar-refractivity contribution in [3.05, 3.63) is 0 Å². The van der Waals surface area contributed by atoms with Crippen molar-refractivity contribution in [2.24, 2.45) is 0 Å². The zero-order valence-electron chi connectivity index (χ0n) is 9.12. The normalized spacial score (nSPS) is 16.8. The zero-order chi connectivity index (χ0) is 14.9. The van der Waals surface area contributed by atoms with E-state index in [-0.39, 0.29) is 0 Å². The summed E-state index contributed by atoms with van der Waals surface area (Å²) in [7, 11) is 0. The highest BCUT2D eigenvalue weighted by Crippen LogP contribution is 1.92. The Hall–Kier alpha value is -1.30. The lowest BCUT2D eigenvalue weighted by atomic mass is 10.2. The third-order valence-corrected chi connectivity index (χ3v) is 1.62. The smallest absolute Gasteiger partial charge is 0.335 e. The topological polar surface area (TPSA) is 196 Å². The maximum atomic E-state index is 9.77. The number of carbonyl (C=O) groups is 2. The average Bonchev–Trinajstić information content (AvgIpc) is 2.35. The minimum atomic E-state index is -2.27. The van der Waals surface area contributed by atoms with Gasteiger partial charge in [-0.05, 0) is 0 Å². The number of carboxylic acid groups (broad SMARTS) is 2. The molecule has 0 aromatic carbocycles. The standard InChI is InChI=1S/C4H6O6.C4H10O4/c5-1(3(7)8)2(6)4(9)10;5-1-3(7)4(8)2-6/h1-2,5-6H,(H,7,8)(H,9,10);3-8H,1-2H2/t;3-,4+. The highest BCUT2D eigenvalue weighted by atomic mass is 16.4. The van der Waals surface area contributed by atoms with Crippen LogP contribution < -0.4 is 0 Å². The summed E-state index contributed by atoms with van der Waals surface area (Å²) >= 11 is 0. The van der Waals surface area contributed by atoms with Gasteiger partial charge in [0.25, 0.3) is 0 Å².